The van der Waals surface area contributed by atoms with Gasteiger partial charge in [0.1, 0.15) is 11.5 Å². The fraction of sp³-hybridized carbons (Fsp3) is 0.450. The number of rotatable bonds is 6. The van der Waals surface area contributed by atoms with Gasteiger partial charge >= 0.3 is 0 Å². The van der Waals surface area contributed by atoms with Crippen LogP contribution >= 0.6 is 0 Å². The van der Waals surface area contributed by atoms with Crippen LogP contribution in [0.1, 0.15) is 29.9 Å². The summed E-state index contributed by atoms with van der Waals surface area (Å²) in [6.07, 6.45) is 3.18. The third kappa shape index (κ3) is 4.54. The van der Waals surface area contributed by atoms with Crippen molar-refractivity contribution in [2.24, 2.45) is 0 Å². The second-order valence-electron chi connectivity index (χ2n) is 6.48. The number of hydrogen-bond acceptors (Lipinski definition) is 6. The second-order valence-corrected chi connectivity index (χ2v) is 6.48. The topological polar surface area (TPSA) is 70.6 Å². The molecule has 1 amide bonds. The predicted octanol–water partition coefficient (Wildman–Crippen LogP) is 2.72. The van der Waals surface area contributed by atoms with Crippen molar-refractivity contribution in [1.29, 1.82) is 0 Å². The third-order valence-corrected chi connectivity index (χ3v) is 4.79. The molecule has 0 bridgehead atoms. The Balaban J connectivity index is 1.68. The van der Waals surface area contributed by atoms with Crippen molar-refractivity contribution in [2.45, 2.75) is 20.8 Å². The molecule has 0 atom stereocenters. The zero-order valence-electron chi connectivity index (χ0n) is 16.2. The standard InChI is InChI=1S/C20H27N5O2/c1-4-24(5-2)16-6-7-17(15(3)12-16)23-20(26)18-13-22-19(14-21-18)25-8-10-27-11-9-25/h6-7,12-14H,4-5,8-11H2,1-3H3,(H,23,26). The van der Waals surface area contributed by atoms with Crippen LogP contribution in [0.2, 0.25) is 0 Å². The smallest absolute Gasteiger partial charge is 0.275 e. The predicted molar refractivity (Wildman–Crippen MR) is 108 cm³/mol. The van der Waals surface area contributed by atoms with Gasteiger partial charge in [0.15, 0.2) is 0 Å². The van der Waals surface area contributed by atoms with Gasteiger partial charge in [-0.3, -0.25) is 4.79 Å². The van der Waals surface area contributed by atoms with Gasteiger partial charge in [0.2, 0.25) is 0 Å². The van der Waals surface area contributed by atoms with Crippen LogP contribution in [-0.2, 0) is 4.74 Å². The van der Waals surface area contributed by atoms with E-state index in [2.05, 4.69) is 45.0 Å². The van der Waals surface area contributed by atoms with E-state index in [4.69, 9.17) is 4.74 Å². The Labute approximate surface area is 160 Å². The van der Waals surface area contributed by atoms with E-state index >= 15 is 0 Å². The fourth-order valence-corrected chi connectivity index (χ4v) is 3.15. The maximum Gasteiger partial charge on any atom is 0.275 e. The van der Waals surface area contributed by atoms with E-state index in [1.807, 2.05) is 19.1 Å². The van der Waals surface area contributed by atoms with E-state index in [0.29, 0.717) is 18.9 Å². The molecule has 3 rings (SSSR count). The SMILES string of the molecule is CCN(CC)c1ccc(NC(=O)c2cnc(N3CCOCC3)cn2)c(C)c1. The fourth-order valence-electron chi connectivity index (χ4n) is 3.15. The maximum atomic E-state index is 12.5. The molecule has 0 aliphatic carbocycles. The lowest BCUT2D eigenvalue weighted by molar-refractivity contribution is 0.102. The molecular formula is C20H27N5O2. The number of ether oxygens (including phenoxy) is 1. The van der Waals surface area contributed by atoms with Crippen LogP contribution in [-0.4, -0.2) is 55.3 Å². The van der Waals surface area contributed by atoms with E-state index in [1.165, 1.54) is 6.20 Å². The van der Waals surface area contributed by atoms with E-state index in [9.17, 15) is 4.79 Å². The molecule has 1 N–H and O–H groups in total. The van der Waals surface area contributed by atoms with E-state index in [1.54, 1.807) is 6.20 Å². The number of hydrogen-bond donors (Lipinski definition) is 1. The Morgan fingerprint density at radius 1 is 1.19 bits per heavy atom. The molecule has 1 aliphatic rings. The van der Waals surface area contributed by atoms with Crippen LogP contribution in [0.5, 0.6) is 0 Å². The number of carbonyl (C=O) groups excluding carboxylic acids is 1. The minimum absolute atomic E-state index is 0.255. The summed E-state index contributed by atoms with van der Waals surface area (Å²) in [7, 11) is 0. The van der Waals surface area contributed by atoms with Crippen molar-refractivity contribution in [3.8, 4) is 0 Å². The summed E-state index contributed by atoms with van der Waals surface area (Å²) >= 11 is 0. The van der Waals surface area contributed by atoms with Gasteiger partial charge in [-0.25, -0.2) is 9.97 Å². The van der Waals surface area contributed by atoms with Gasteiger partial charge in [0, 0.05) is 37.6 Å². The average molecular weight is 369 g/mol. The number of benzene rings is 1. The summed E-state index contributed by atoms with van der Waals surface area (Å²) in [5.74, 6) is 0.518. The average Bonchev–Trinajstić information content (AvgIpc) is 2.71. The highest BCUT2D eigenvalue weighted by Gasteiger charge is 2.15. The lowest BCUT2D eigenvalue weighted by Gasteiger charge is -2.27. The molecule has 27 heavy (non-hydrogen) atoms. The molecule has 144 valence electrons. The molecule has 0 spiro atoms. The minimum Gasteiger partial charge on any atom is -0.378 e. The summed E-state index contributed by atoms with van der Waals surface area (Å²) in [5, 5.41) is 2.93. The highest BCUT2D eigenvalue weighted by atomic mass is 16.5. The lowest BCUT2D eigenvalue weighted by Crippen LogP contribution is -2.36. The molecule has 7 nitrogen and oxygen atoms in total. The molecule has 7 heteroatoms. The molecule has 1 aromatic heterocycles. The normalized spacial score (nSPS) is 14.1. The summed E-state index contributed by atoms with van der Waals surface area (Å²) < 4.78 is 5.34. The summed E-state index contributed by atoms with van der Waals surface area (Å²) in [6, 6.07) is 6.06. The monoisotopic (exact) mass is 369 g/mol. The molecule has 2 heterocycles. The van der Waals surface area contributed by atoms with Crippen LogP contribution < -0.4 is 15.1 Å². The van der Waals surface area contributed by atoms with Crippen molar-refractivity contribution in [1.82, 2.24) is 9.97 Å². The molecule has 2 aromatic rings. The van der Waals surface area contributed by atoms with Gasteiger partial charge in [-0.05, 0) is 44.5 Å². The first-order valence-electron chi connectivity index (χ1n) is 9.44. The number of aryl methyl sites for hydroxylation is 1. The first kappa shape index (κ1) is 19.1. The van der Waals surface area contributed by atoms with Gasteiger partial charge in [-0.2, -0.15) is 0 Å². The van der Waals surface area contributed by atoms with Crippen molar-refractivity contribution in [2.75, 3.05) is 54.5 Å². The molecule has 1 aromatic carbocycles. The van der Waals surface area contributed by atoms with E-state index < -0.39 is 0 Å². The van der Waals surface area contributed by atoms with Gasteiger partial charge < -0.3 is 19.9 Å². The molecule has 0 unspecified atom stereocenters. The summed E-state index contributed by atoms with van der Waals surface area (Å²) in [6.45, 7) is 11.1. The third-order valence-electron chi connectivity index (χ3n) is 4.79. The van der Waals surface area contributed by atoms with Crippen LogP contribution in [0.15, 0.2) is 30.6 Å². The number of nitrogens with one attached hydrogen (secondary N) is 1. The highest BCUT2D eigenvalue weighted by molar-refractivity contribution is 6.03. The van der Waals surface area contributed by atoms with Crippen LogP contribution in [0, 0.1) is 6.92 Å². The molecular weight excluding hydrogens is 342 g/mol. The Bertz CT molecular complexity index is 768. The second kappa shape index (κ2) is 8.81. The number of carbonyl (C=O) groups is 1. The number of anilines is 3. The zero-order chi connectivity index (χ0) is 19.2. The number of amides is 1. The summed E-state index contributed by atoms with van der Waals surface area (Å²) in [5.41, 5.74) is 3.27. The number of aromatic nitrogens is 2. The van der Waals surface area contributed by atoms with E-state index in [0.717, 1.165) is 48.9 Å². The van der Waals surface area contributed by atoms with Crippen LogP contribution in [0.25, 0.3) is 0 Å². The van der Waals surface area contributed by atoms with Crippen molar-refractivity contribution < 1.29 is 9.53 Å². The van der Waals surface area contributed by atoms with Gasteiger partial charge in [-0.1, -0.05) is 0 Å². The van der Waals surface area contributed by atoms with Gasteiger partial charge in [0.05, 0.1) is 25.6 Å². The Morgan fingerprint density at radius 2 is 1.93 bits per heavy atom. The number of nitrogens with zero attached hydrogens (tertiary/aromatic N) is 4. The Kier molecular flexibility index (Phi) is 6.24. The largest absolute Gasteiger partial charge is 0.378 e. The lowest BCUT2D eigenvalue weighted by atomic mass is 10.1. The van der Waals surface area contributed by atoms with Crippen LogP contribution in [0.3, 0.4) is 0 Å². The Morgan fingerprint density at radius 3 is 2.52 bits per heavy atom. The molecule has 1 saturated heterocycles. The molecule has 1 fully saturated rings. The summed E-state index contributed by atoms with van der Waals surface area (Å²) in [4.78, 5) is 25.6. The minimum atomic E-state index is -0.255. The highest BCUT2D eigenvalue weighted by Crippen LogP contribution is 2.23. The van der Waals surface area contributed by atoms with Gasteiger partial charge in [-0.15, -0.1) is 0 Å². The molecule has 0 saturated carbocycles. The maximum absolute atomic E-state index is 12.5. The van der Waals surface area contributed by atoms with Gasteiger partial charge in [0.25, 0.3) is 5.91 Å². The first-order valence-corrected chi connectivity index (χ1v) is 9.44. The van der Waals surface area contributed by atoms with E-state index in [-0.39, 0.29) is 5.91 Å². The van der Waals surface area contributed by atoms with Crippen molar-refractivity contribution in [3.63, 3.8) is 0 Å². The zero-order valence-corrected chi connectivity index (χ0v) is 16.2. The molecule has 0 radical (unpaired) electrons. The first-order chi connectivity index (χ1) is 13.1. The van der Waals surface area contributed by atoms with Crippen molar-refractivity contribution >= 4 is 23.1 Å². The van der Waals surface area contributed by atoms with Crippen LogP contribution in [0.4, 0.5) is 17.2 Å². The quantitative estimate of drug-likeness (QED) is 0.844. The molecule has 1 aliphatic heterocycles. The number of morpholine rings is 1. The van der Waals surface area contributed by atoms with Crippen molar-refractivity contribution in [3.05, 3.63) is 41.9 Å². The Hall–Kier alpha value is -2.67.